The number of hydrogen-bond acceptors (Lipinski definition) is 1. The maximum absolute atomic E-state index is 12.9. The molecule has 0 heterocycles. The SMILES string of the molecule is C[C@H](O)c1cc(C(F)(F)F)ccc1F. The van der Waals surface area contributed by atoms with Gasteiger partial charge in [0.25, 0.3) is 0 Å². The molecule has 0 amide bonds. The van der Waals surface area contributed by atoms with Crippen molar-refractivity contribution in [1.29, 1.82) is 0 Å². The maximum atomic E-state index is 12.9. The van der Waals surface area contributed by atoms with Gasteiger partial charge in [-0.1, -0.05) is 0 Å². The normalized spacial score (nSPS) is 14.1. The molecule has 14 heavy (non-hydrogen) atoms. The smallest absolute Gasteiger partial charge is 0.389 e. The van der Waals surface area contributed by atoms with Gasteiger partial charge in [0.15, 0.2) is 0 Å². The second-order valence-corrected chi connectivity index (χ2v) is 2.91. The fourth-order valence-electron chi connectivity index (χ4n) is 1.04. The summed E-state index contributed by atoms with van der Waals surface area (Å²) in [6.45, 7) is 1.21. The van der Waals surface area contributed by atoms with Crippen molar-refractivity contribution in [2.75, 3.05) is 0 Å². The van der Waals surface area contributed by atoms with E-state index in [0.717, 1.165) is 0 Å². The number of benzene rings is 1. The summed E-state index contributed by atoms with van der Waals surface area (Å²) < 4.78 is 49.4. The molecule has 5 heteroatoms. The van der Waals surface area contributed by atoms with Crippen molar-refractivity contribution in [3.63, 3.8) is 0 Å². The zero-order valence-electron chi connectivity index (χ0n) is 7.27. The first-order valence-corrected chi connectivity index (χ1v) is 3.87. The molecular weight excluding hydrogens is 200 g/mol. The molecule has 0 saturated carbocycles. The van der Waals surface area contributed by atoms with Crippen LogP contribution in [0, 0.1) is 5.82 Å². The Kier molecular flexibility index (Phi) is 2.80. The molecule has 1 rings (SSSR count). The van der Waals surface area contributed by atoms with Crippen LogP contribution in [0.15, 0.2) is 18.2 Å². The monoisotopic (exact) mass is 208 g/mol. The summed E-state index contributed by atoms with van der Waals surface area (Å²) in [4.78, 5) is 0. The van der Waals surface area contributed by atoms with E-state index in [1.54, 1.807) is 0 Å². The highest BCUT2D eigenvalue weighted by atomic mass is 19.4. The predicted octanol–water partition coefficient (Wildman–Crippen LogP) is 2.90. The third kappa shape index (κ3) is 2.23. The first kappa shape index (κ1) is 11.0. The highest BCUT2D eigenvalue weighted by molar-refractivity contribution is 5.28. The van der Waals surface area contributed by atoms with Gasteiger partial charge in [-0.05, 0) is 25.1 Å². The molecule has 0 aromatic heterocycles. The summed E-state index contributed by atoms with van der Waals surface area (Å²) in [6, 6.07) is 1.95. The summed E-state index contributed by atoms with van der Waals surface area (Å²) in [5, 5.41) is 8.99. The summed E-state index contributed by atoms with van der Waals surface area (Å²) in [5.74, 6) is -0.840. The van der Waals surface area contributed by atoms with Crippen LogP contribution in [0.3, 0.4) is 0 Å². The lowest BCUT2D eigenvalue weighted by Crippen LogP contribution is -2.07. The third-order valence-corrected chi connectivity index (χ3v) is 1.77. The molecule has 1 aromatic carbocycles. The van der Waals surface area contributed by atoms with Crippen molar-refractivity contribution in [2.45, 2.75) is 19.2 Å². The molecular formula is C9H8F4O. The van der Waals surface area contributed by atoms with E-state index in [-0.39, 0.29) is 5.56 Å². The predicted molar refractivity (Wildman–Crippen MR) is 42.0 cm³/mol. The zero-order chi connectivity index (χ0) is 10.9. The van der Waals surface area contributed by atoms with Gasteiger partial charge in [-0.15, -0.1) is 0 Å². The highest BCUT2D eigenvalue weighted by Crippen LogP contribution is 2.31. The zero-order valence-corrected chi connectivity index (χ0v) is 7.27. The fourth-order valence-corrected chi connectivity index (χ4v) is 1.04. The van der Waals surface area contributed by atoms with Gasteiger partial charge in [0.2, 0.25) is 0 Å². The Morgan fingerprint density at radius 3 is 2.29 bits per heavy atom. The van der Waals surface area contributed by atoms with E-state index >= 15 is 0 Å². The number of halogens is 4. The second-order valence-electron chi connectivity index (χ2n) is 2.91. The van der Waals surface area contributed by atoms with E-state index in [0.29, 0.717) is 18.2 Å². The van der Waals surface area contributed by atoms with Crippen LogP contribution in [0.2, 0.25) is 0 Å². The average molecular weight is 208 g/mol. The maximum Gasteiger partial charge on any atom is 0.416 e. The molecule has 1 nitrogen and oxygen atoms in total. The van der Waals surface area contributed by atoms with Gasteiger partial charge in [0.05, 0.1) is 11.7 Å². The summed E-state index contributed by atoms with van der Waals surface area (Å²) in [6.07, 6.45) is -5.77. The van der Waals surface area contributed by atoms with E-state index in [1.165, 1.54) is 6.92 Å². The lowest BCUT2D eigenvalue weighted by molar-refractivity contribution is -0.137. The molecule has 0 bridgehead atoms. The molecule has 0 aliphatic carbocycles. The van der Waals surface area contributed by atoms with Crippen molar-refractivity contribution < 1.29 is 22.7 Å². The molecule has 0 aliphatic rings. The first-order chi connectivity index (χ1) is 6.32. The van der Waals surface area contributed by atoms with Gasteiger partial charge in [-0.25, -0.2) is 4.39 Å². The van der Waals surface area contributed by atoms with Crippen LogP contribution in [0.5, 0.6) is 0 Å². The lowest BCUT2D eigenvalue weighted by atomic mass is 10.1. The van der Waals surface area contributed by atoms with Crippen LogP contribution in [0.25, 0.3) is 0 Å². The topological polar surface area (TPSA) is 20.2 Å². The molecule has 0 aliphatic heterocycles. The Labute approximate surface area is 78.0 Å². The van der Waals surface area contributed by atoms with E-state index in [2.05, 4.69) is 0 Å². The van der Waals surface area contributed by atoms with Gasteiger partial charge >= 0.3 is 6.18 Å². The number of rotatable bonds is 1. The molecule has 1 atom stereocenters. The van der Waals surface area contributed by atoms with Crippen LogP contribution in [-0.2, 0) is 6.18 Å². The van der Waals surface area contributed by atoms with E-state index in [9.17, 15) is 17.6 Å². The first-order valence-electron chi connectivity index (χ1n) is 3.87. The second kappa shape index (κ2) is 3.57. The summed E-state index contributed by atoms with van der Waals surface area (Å²) in [5.41, 5.74) is -1.31. The molecule has 0 spiro atoms. The van der Waals surface area contributed by atoms with Crippen molar-refractivity contribution in [3.8, 4) is 0 Å². The largest absolute Gasteiger partial charge is 0.416 e. The summed E-state index contributed by atoms with van der Waals surface area (Å²) in [7, 11) is 0. The number of alkyl halides is 3. The van der Waals surface area contributed by atoms with Gasteiger partial charge in [-0.3, -0.25) is 0 Å². The Balaban J connectivity index is 3.20. The average Bonchev–Trinajstić information content (AvgIpc) is 2.02. The van der Waals surface area contributed by atoms with Crippen molar-refractivity contribution in [3.05, 3.63) is 35.1 Å². The van der Waals surface area contributed by atoms with Crippen molar-refractivity contribution in [2.24, 2.45) is 0 Å². The molecule has 78 valence electrons. The fraction of sp³-hybridized carbons (Fsp3) is 0.333. The minimum Gasteiger partial charge on any atom is -0.389 e. The molecule has 0 fully saturated rings. The van der Waals surface area contributed by atoms with Gasteiger partial charge in [0, 0.05) is 5.56 Å². The minimum atomic E-state index is -4.52. The van der Waals surface area contributed by atoms with E-state index < -0.39 is 23.7 Å². The van der Waals surface area contributed by atoms with Crippen molar-refractivity contribution >= 4 is 0 Å². The molecule has 0 unspecified atom stereocenters. The number of hydrogen-bond donors (Lipinski definition) is 1. The third-order valence-electron chi connectivity index (χ3n) is 1.77. The standard InChI is InChI=1S/C9H8F4O/c1-5(14)7-4-6(9(11,12)13)2-3-8(7)10/h2-5,14H,1H3/t5-/m0/s1. The summed E-state index contributed by atoms with van der Waals surface area (Å²) >= 11 is 0. The van der Waals surface area contributed by atoms with Crippen LogP contribution in [0.1, 0.15) is 24.2 Å². The van der Waals surface area contributed by atoms with E-state index in [1.807, 2.05) is 0 Å². The van der Waals surface area contributed by atoms with Gasteiger partial charge in [0.1, 0.15) is 5.82 Å². The molecule has 0 saturated heterocycles. The quantitative estimate of drug-likeness (QED) is 0.703. The Bertz CT molecular complexity index is 330. The minimum absolute atomic E-state index is 0.347. The van der Waals surface area contributed by atoms with Crippen LogP contribution in [0.4, 0.5) is 17.6 Å². The lowest BCUT2D eigenvalue weighted by Gasteiger charge is -2.11. The van der Waals surface area contributed by atoms with E-state index in [4.69, 9.17) is 5.11 Å². The van der Waals surface area contributed by atoms with Crippen LogP contribution >= 0.6 is 0 Å². The Morgan fingerprint density at radius 2 is 1.86 bits per heavy atom. The number of aliphatic hydroxyl groups is 1. The molecule has 0 radical (unpaired) electrons. The van der Waals surface area contributed by atoms with Gasteiger partial charge in [-0.2, -0.15) is 13.2 Å². The molecule has 1 N–H and O–H groups in total. The Hall–Kier alpha value is -1.10. The Morgan fingerprint density at radius 1 is 1.29 bits per heavy atom. The highest BCUT2D eigenvalue weighted by Gasteiger charge is 2.31. The van der Waals surface area contributed by atoms with Crippen LogP contribution in [-0.4, -0.2) is 5.11 Å². The number of aliphatic hydroxyl groups excluding tert-OH is 1. The van der Waals surface area contributed by atoms with Crippen LogP contribution < -0.4 is 0 Å². The van der Waals surface area contributed by atoms with Gasteiger partial charge < -0.3 is 5.11 Å². The van der Waals surface area contributed by atoms with Crippen molar-refractivity contribution in [1.82, 2.24) is 0 Å². The molecule has 1 aromatic rings.